The molecule has 1 rings (SSSR count). The van der Waals surface area contributed by atoms with E-state index >= 15 is 0 Å². The SMILES string of the molecule is FC(F)(F)Oc1cccc(OC(F)(F)F)c1Br. The standard InChI is InChI=1S/C8H3BrF6O2/c9-6-4(16-7(10,11)12)2-1-3-5(6)17-8(13,14)15/h1-3H. The lowest BCUT2D eigenvalue weighted by Crippen LogP contribution is -2.19. The van der Waals surface area contributed by atoms with Gasteiger partial charge in [-0.2, -0.15) is 0 Å². The highest BCUT2D eigenvalue weighted by Gasteiger charge is 2.35. The number of ether oxygens (including phenoxy) is 2. The van der Waals surface area contributed by atoms with Crippen molar-refractivity contribution in [2.75, 3.05) is 0 Å². The Morgan fingerprint density at radius 2 is 1.18 bits per heavy atom. The number of rotatable bonds is 2. The fourth-order valence-electron chi connectivity index (χ4n) is 0.898. The van der Waals surface area contributed by atoms with Crippen LogP contribution >= 0.6 is 15.9 Å². The van der Waals surface area contributed by atoms with Gasteiger partial charge < -0.3 is 9.47 Å². The minimum atomic E-state index is -5.00. The fourth-order valence-corrected chi connectivity index (χ4v) is 1.32. The summed E-state index contributed by atoms with van der Waals surface area (Å²) in [7, 11) is 0. The zero-order valence-electron chi connectivity index (χ0n) is 7.69. The highest BCUT2D eigenvalue weighted by atomic mass is 79.9. The van der Waals surface area contributed by atoms with Crippen molar-refractivity contribution in [3.8, 4) is 11.5 Å². The Bertz CT molecular complexity index is 366. The molecule has 0 saturated carbocycles. The topological polar surface area (TPSA) is 18.5 Å². The number of hydrogen-bond acceptors (Lipinski definition) is 2. The van der Waals surface area contributed by atoms with Crippen molar-refractivity contribution >= 4 is 15.9 Å². The summed E-state index contributed by atoms with van der Waals surface area (Å²) in [5.41, 5.74) is 0. The van der Waals surface area contributed by atoms with Gasteiger partial charge in [0.25, 0.3) is 0 Å². The molecule has 9 heteroatoms. The van der Waals surface area contributed by atoms with Gasteiger partial charge in [-0.25, -0.2) is 0 Å². The zero-order valence-corrected chi connectivity index (χ0v) is 9.28. The van der Waals surface area contributed by atoms with Crippen LogP contribution in [0.2, 0.25) is 0 Å². The first kappa shape index (κ1) is 13.9. The monoisotopic (exact) mass is 324 g/mol. The quantitative estimate of drug-likeness (QED) is 0.757. The van der Waals surface area contributed by atoms with Gasteiger partial charge in [0.2, 0.25) is 0 Å². The molecule has 1 aromatic carbocycles. The van der Waals surface area contributed by atoms with Crippen molar-refractivity contribution in [2.24, 2.45) is 0 Å². The molecule has 0 unspecified atom stereocenters. The molecule has 0 aromatic heterocycles. The maximum atomic E-state index is 11.9. The first-order valence-electron chi connectivity index (χ1n) is 3.88. The lowest BCUT2D eigenvalue weighted by atomic mass is 10.3. The van der Waals surface area contributed by atoms with Crippen molar-refractivity contribution in [3.63, 3.8) is 0 Å². The van der Waals surface area contributed by atoms with Crippen LogP contribution in [0.15, 0.2) is 22.7 Å². The predicted molar refractivity (Wildman–Crippen MR) is 47.5 cm³/mol. The van der Waals surface area contributed by atoms with Crippen LogP contribution < -0.4 is 9.47 Å². The van der Waals surface area contributed by atoms with Crippen molar-refractivity contribution in [3.05, 3.63) is 22.7 Å². The Morgan fingerprint density at radius 1 is 0.824 bits per heavy atom. The Hall–Kier alpha value is -1.12. The molecule has 0 saturated heterocycles. The molecule has 0 aliphatic carbocycles. The smallest absolute Gasteiger partial charge is 0.404 e. The molecule has 0 fully saturated rings. The molecule has 2 nitrogen and oxygen atoms in total. The summed E-state index contributed by atoms with van der Waals surface area (Å²) in [6, 6.07) is 2.63. The Morgan fingerprint density at radius 3 is 1.47 bits per heavy atom. The van der Waals surface area contributed by atoms with Crippen LogP contribution in [0.5, 0.6) is 11.5 Å². The van der Waals surface area contributed by atoms with E-state index in [1.54, 1.807) is 0 Å². The minimum absolute atomic E-state index is 0.574. The second-order valence-corrected chi connectivity index (χ2v) is 3.46. The van der Waals surface area contributed by atoms with Gasteiger partial charge in [-0.15, -0.1) is 26.3 Å². The second-order valence-electron chi connectivity index (χ2n) is 2.66. The Balaban J connectivity index is 3.00. The molecule has 96 valence electrons. The molecule has 0 amide bonds. The van der Waals surface area contributed by atoms with E-state index in [0.717, 1.165) is 18.2 Å². The van der Waals surface area contributed by atoms with Gasteiger partial charge >= 0.3 is 12.7 Å². The molecule has 0 heterocycles. The van der Waals surface area contributed by atoms with E-state index in [9.17, 15) is 26.3 Å². The molecule has 0 radical (unpaired) electrons. The third-order valence-electron chi connectivity index (χ3n) is 1.38. The molecule has 0 N–H and O–H groups in total. The average Bonchev–Trinajstić information content (AvgIpc) is 2.07. The van der Waals surface area contributed by atoms with E-state index in [1.807, 2.05) is 0 Å². The summed E-state index contributed by atoms with van der Waals surface area (Å²) < 4.78 is 77.7. The molecule has 0 aliphatic heterocycles. The summed E-state index contributed by atoms with van der Waals surface area (Å²) in [6.07, 6.45) is -10.0. The normalized spacial score (nSPS) is 12.4. The number of alkyl halides is 6. The summed E-state index contributed by atoms with van der Waals surface area (Å²) in [6.45, 7) is 0. The first-order chi connectivity index (χ1) is 7.58. The van der Waals surface area contributed by atoms with E-state index in [0.29, 0.717) is 0 Å². The van der Waals surface area contributed by atoms with E-state index in [4.69, 9.17) is 0 Å². The zero-order chi connectivity index (χ0) is 13.3. The van der Waals surface area contributed by atoms with Gasteiger partial charge in [0.15, 0.2) is 0 Å². The van der Waals surface area contributed by atoms with E-state index < -0.39 is 28.7 Å². The van der Waals surface area contributed by atoms with Gasteiger partial charge in [-0.1, -0.05) is 6.07 Å². The fraction of sp³-hybridized carbons (Fsp3) is 0.250. The van der Waals surface area contributed by atoms with Crippen LogP contribution in [0, 0.1) is 0 Å². The molecular weight excluding hydrogens is 322 g/mol. The summed E-state index contributed by atoms with van der Waals surface area (Å²) in [4.78, 5) is 0. The van der Waals surface area contributed by atoms with Crippen LogP contribution in [-0.4, -0.2) is 12.7 Å². The average molecular weight is 325 g/mol. The van der Waals surface area contributed by atoms with Crippen LogP contribution in [-0.2, 0) is 0 Å². The number of hydrogen-bond donors (Lipinski definition) is 0. The number of halogens is 7. The third kappa shape index (κ3) is 4.72. The predicted octanol–water partition coefficient (Wildman–Crippen LogP) is 4.25. The van der Waals surface area contributed by atoms with Crippen LogP contribution in [0.1, 0.15) is 0 Å². The summed E-state index contributed by atoms with van der Waals surface area (Å²) >= 11 is 2.54. The molecule has 0 aliphatic rings. The highest BCUT2D eigenvalue weighted by molar-refractivity contribution is 9.10. The maximum absolute atomic E-state index is 11.9. The van der Waals surface area contributed by atoms with Gasteiger partial charge in [-0.3, -0.25) is 0 Å². The van der Waals surface area contributed by atoms with Crippen LogP contribution in [0.3, 0.4) is 0 Å². The van der Waals surface area contributed by atoms with Gasteiger partial charge in [0.1, 0.15) is 16.0 Å². The minimum Gasteiger partial charge on any atom is -0.404 e. The van der Waals surface area contributed by atoms with Crippen LogP contribution in [0.4, 0.5) is 26.3 Å². The molecule has 0 bridgehead atoms. The van der Waals surface area contributed by atoms with Gasteiger partial charge in [0.05, 0.1) is 0 Å². The molecular formula is C8H3BrF6O2. The van der Waals surface area contributed by atoms with Crippen molar-refractivity contribution < 1.29 is 35.8 Å². The number of benzene rings is 1. The van der Waals surface area contributed by atoms with E-state index in [-0.39, 0.29) is 0 Å². The summed E-state index contributed by atoms with van der Waals surface area (Å²) in [5.74, 6) is -1.64. The van der Waals surface area contributed by atoms with Crippen molar-refractivity contribution in [2.45, 2.75) is 12.7 Å². The molecule has 17 heavy (non-hydrogen) atoms. The highest BCUT2D eigenvalue weighted by Crippen LogP contribution is 2.39. The third-order valence-corrected chi connectivity index (χ3v) is 2.16. The van der Waals surface area contributed by atoms with Gasteiger partial charge in [-0.05, 0) is 28.1 Å². The summed E-state index contributed by atoms with van der Waals surface area (Å²) in [5, 5.41) is 0. The van der Waals surface area contributed by atoms with Gasteiger partial charge in [0, 0.05) is 0 Å². The Kier molecular flexibility index (Phi) is 3.80. The molecule has 0 atom stereocenters. The maximum Gasteiger partial charge on any atom is 0.573 e. The lowest BCUT2D eigenvalue weighted by molar-refractivity contribution is -0.277. The first-order valence-corrected chi connectivity index (χ1v) is 4.68. The van der Waals surface area contributed by atoms with E-state index in [1.165, 1.54) is 0 Å². The largest absolute Gasteiger partial charge is 0.573 e. The van der Waals surface area contributed by atoms with Crippen LogP contribution in [0.25, 0.3) is 0 Å². The molecule has 1 aromatic rings. The molecule has 0 spiro atoms. The lowest BCUT2D eigenvalue weighted by Gasteiger charge is -2.14. The van der Waals surface area contributed by atoms with Crippen molar-refractivity contribution in [1.82, 2.24) is 0 Å². The van der Waals surface area contributed by atoms with E-state index in [2.05, 4.69) is 25.4 Å². The Labute approximate surface area is 99.2 Å². The van der Waals surface area contributed by atoms with Crippen molar-refractivity contribution in [1.29, 1.82) is 0 Å². The second kappa shape index (κ2) is 4.63.